The predicted molar refractivity (Wildman–Crippen MR) is 95.3 cm³/mol. The first-order chi connectivity index (χ1) is 11.2. The maximum atomic E-state index is 11.7. The van der Waals surface area contributed by atoms with Gasteiger partial charge in [0.05, 0.1) is 0 Å². The molecular formula is C21H27NO. The fraction of sp³-hybridized carbons (Fsp3) is 0.429. The number of rotatable bonds is 5. The van der Waals surface area contributed by atoms with Gasteiger partial charge in [-0.1, -0.05) is 74.0 Å². The van der Waals surface area contributed by atoms with E-state index in [9.17, 15) is 5.11 Å². The van der Waals surface area contributed by atoms with Crippen molar-refractivity contribution in [2.45, 2.75) is 31.8 Å². The van der Waals surface area contributed by atoms with Gasteiger partial charge in [0.15, 0.2) is 0 Å². The van der Waals surface area contributed by atoms with Gasteiger partial charge in [0.1, 0.15) is 5.60 Å². The molecule has 1 fully saturated rings. The Bertz CT molecular complexity index is 556. The minimum absolute atomic E-state index is 0.499. The molecule has 0 aliphatic carbocycles. The van der Waals surface area contributed by atoms with Gasteiger partial charge < -0.3 is 10.4 Å². The first kappa shape index (κ1) is 16.2. The molecule has 2 unspecified atom stereocenters. The van der Waals surface area contributed by atoms with Crippen LogP contribution in [0, 0.1) is 11.8 Å². The third-order valence-corrected chi connectivity index (χ3v) is 5.35. The monoisotopic (exact) mass is 309 g/mol. The van der Waals surface area contributed by atoms with Crippen LogP contribution in [0.3, 0.4) is 0 Å². The molecule has 122 valence electrons. The third-order valence-electron chi connectivity index (χ3n) is 5.35. The Morgan fingerprint density at radius 3 is 2.04 bits per heavy atom. The van der Waals surface area contributed by atoms with Crippen molar-refractivity contribution < 1.29 is 5.11 Å². The van der Waals surface area contributed by atoms with E-state index >= 15 is 0 Å². The molecule has 2 N–H and O–H groups in total. The summed E-state index contributed by atoms with van der Waals surface area (Å²) in [5.41, 5.74) is 1.07. The summed E-state index contributed by atoms with van der Waals surface area (Å²) in [6.45, 7) is 4.37. The van der Waals surface area contributed by atoms with Crippen molar-refractivity contribution in [3.05, 3.63) is 71.8 Å². The second-order valence-corrected chi connectivity index (χ2v) is 6.72. The van der Waals surface area contributed by atoms with E-state index in [0.717, 1.165) is 30.6 Å². The van der Waals surface area contributed by atoms with Crippen LogP contribution in [0.4, 0.5) is 0 Å². The van der Waals surface area contributed by atoms with E-state index in [2.05, 4.69) is 12.2 Å². The van der Waals surface area contributed by atoms with Crippen LogP contribution in [0.15, 0.2) is 60.7 Å². The lowest BCUT2D eigenvalue weighted by atomic mass is 9.73. The van der Waals surface area contributed by atoms with Crippen molar-refractivity contribution in [1.29, 1.82) is 0 Å². The molecule has 0 bridgehead atoms. The van der Waals surface area contributed by atoms with E-state index in [1.807, 2.05) is 60.7 Å². The Morgan fingerprint density at radius 1 is 0.957 bits per heavy atom. The number of benzene rings is 2. The van der Waals surface area contributed by atoms with Gasteiger partial charge in [-0.05, 0) is 48.9 Å². The third kappa shape index (κ3) is 3.49. The van der Waals surface area contributed by atoms with Crippen LogP contribution in [0.25, 0.3) is 0 Å². The van der Waals surface area contributed by atoms with Gasteiger partial charge >= 0.3 is 0 Å². The van der Waals surface area contributed by atoms with E-state index in [4.69, 9.17) is 0 Å². The van der Waals surface area contributed by atoms with Crippen molar-refractivity contribution >= 4 is 0 Å². The van der Waals surface area contributed by atoms with Gasteiger partial charge in [-0.3, -0.25) is 0 Å². The topological polar surface area (TPSA) is 32.3 Å². The first-order valence-corrected chi connectivity index (χ1v) is 8.78. The molecule has 3 rings (SSSR count). The van der Waals surface area contributed by atoms with Crippen LogP contribution in [-0.4, -0.2) is 18.2 Å². The van der Waals surface area contributed by atoms with E-state index in [1.165, 1.54) is 12.8 Å². The van der Waals surface area contributed by atoms with E-state index in [-0.39, 0.29) is 0 Å². The highest BCUT2D eigenvalue weighted by Crippen LogP contribution is 2.39. The smallest absolute Gasteiger partial charge is 0.115 e. The van der Waals surface area contributed by atoms with Gasteiger partial charge in [0.25, 0.3) is 0 Å². The van der Waals surface area contributed by atoms with Gasteiger partial charge in [-0.2, -0.15) is 0 Å². The number of hydrogen-bond donors (Lipinski definition) is 2. The maximum Gasteiger partial charge on any atom is 0.115 e. The molecule has 1 heterocycles. The number of piperidine rings is 1. The molecule has 0 saturated carbocycles. The quantitative estimate of drug-likeness (QED) is 0.876. The molecule has 2 aromatic rings. The molecule has 0 amide bonds. The van der Waals surface area contributed by atoms with Gasteiger partial charge in [-0.25, -0.2) is 0 Å². The lowest BCUT2D eigenvalue weighted by Crippen LogP contribution is -2.41. The van der Waals surface area contributed by atoms with Crippen molar-refractivity contribution in [3.8, 4) is 0 Å². The molecule has 0 aromatic heterocycles. The van der Waals surface area contributed by atoms with Gasteiger partial charge in [0, 0.05) is 0 Å². The van der Waals surface area contributed by atoms with Crippen molar-refractivity contribution in [1.82, 2.24) is 5.32 Å². The lowest BCUT2D eigenvalue weighted by Gasteiger charge is -2.38. The Balaban J connectivity index is 1.96. The van der Waals surface area contributed by atoms with Crippen LogP contribution >= 0.6 is 0 Å². The summed E-state index contributed by atoms with van der Waals surface area (Å²) in [4.78, 5) is 0. The molecule has 0 spiro atoms. The number of aliphatic hydroxyl groups is 1. The molecule has 2 aromatic carbocycles. The molecule has 23 heavy (non-hydrogen) atoms. The summed E-state index contributed by atoms with van der Waals surface area (Å²) in [6, 6.07) is 20.2. The summed E-state index contributed by atoms with van der Waals surface area (Å²) in [6.07, 6.45) is 3.17. The normalized spacial score (nSPS) is 22.0. The van der Waals surface area contributed by atoms with E-state index in [0.29, 0.717) is 11.8 Å². The molecule has 2 atom stereocenters. The zero-order valence-corrected chi connectivity index (χ0v) is 13.9. The highest BCUT2D eigenvalue weighted by Gasteiger charge is 2.37. The van der Waals surface area contributed by atoms with Crippen LogP contribution in [0.1, 0.15) is 37.3 Å². The Kier molecular flexibility index (Phi) is 5.14. The fourth-order valence-electron chi connectivity index (χ4n) is 3.96. The summed E-state index contributed by atoms with van der Waals surface area (Å²) in [7, 11) is 0. The minimum atomic E-state index is -0.917. The maximum absolute atomic E-state index is 11.7. The largest absolute Gasteiger partial charge is 0.380 e. The predicted octanol–water partition coefficient (Wildman–Crippen LogP) is 3.95. The van der Waals surface area contributed by atoms with Crippen molar-refractivity contribution in [2.24, 2.45) is 11.8 Å². The van der Waals surface area contributed by atoms with Crippen LogP contribution in [0.2, 0.25) is 0 Å². The summed E-state index contributed by atoms with van der Waals surface area (Å²) in [5, 5.41) is 15.2. The van der Waals surface area contributed by atoms with Crippen LogP contribution in [-0.2, 0) is 5.60 Å². The zero-order valence-electron chi connectivity index (χ0n) is 13.9. The van der Waals surface area contributed by atoms with E-state index in [1.54, 1.807) is 0 Å². The SMILES string of the molecule is CCC1CCNCC1CC(O)(c1ccccc1)c1ccccc1. The molecular weight excluding hydrogens is 282 g/mol. The second-order valence-electron chi connectivity index (χ2n) is 6.72. The molecule has 0 radical (unpaired) electrons. The highest BCUT2D eigenvalue weighted by atomic mass is 16.3. The van der Waals surface area contributed by atoms with Crippen molar-refractivity contribution in [2.75, 3.05) is 13.1 Å². The average molecular weight is 309 g/mol. The van der Waals surface area contributed by atoms with Crippen LogP contribution < -0.4 is 5.32 Å². The van der Waals surface area contributed by atoms with Gasteiger partial charge in [0.2, 0.25) is 0 Å². The van der Waals surface area contributed by atoms with Crippen LogP contribution in [0.5, 0.6) is 0 Å². The fourth-order valence-corrected chi connectivity index (χ4v) is 3.96. The molecule has 1 aliphatic rings. The highest BCUT2D eigenvalue weighted by molar-refractivity contribution is 5.36. The second kappa shape index (κ2) is 7.29. The van der Waals surface area contributed by atoms with Crippen molar-refractivity contribution in [3.63, 3.8) is 0 Å². The molecule has 1 aliphatic heterocycles. The zero-order chi connectivity index (χ0) is 16.1. The molecule has 1 saturated heterocycles. The summed E-state index contributed by atoms with van der Waals surface area (Å²) < 4.78 is 0. The number of nitrogens with one attached hydrogen (secondary N) is 1. The average Bonchev–Trinajstić information content (AvgIpc) is 2.63. The Morgan fingerprint density at radius 2 is 1.52 bits per heavy atom. The Hall–Kier alpha value is -1.64. The Labute approximate surface area is 139 Å². The lowest BCUT2D eigenvalue weighted by molar-refractivity contribution is 0.0338. The number of hydrogen-bond acceptors (Lipinski definition) is 2. The summed E-state index contributed by atoms with van der Waals surface area (Å²) in [5.74, 6) is 1.19. The summed E-state index contributed by atoms with van der Waals surface area (Å²) >= 11 is 0. The molecule has 2 nitrogen and oxygen atoms in total. The molecule has 2 heteroatoms. The van der Waals surface area contributed by atoms with E-state index < -0.39 is 5.60 Å². The first-order valence-electron chi connectivity index (χ1n) is 8.78. The standard InChI is InChI=1S/C21H27NO/c1-2-17-13-14-22-16-18(17)15-21(23,19-9-5-3-6-10-19)20-11-7-4-8-12-20/h3-12,17-18,22-23H,2,13-16H2,1H3. The van der Waals surface area contributed by atoms with Gasteiger partial charge in [-0.15, -0.1) is 0 Å². The minimum Gasteiger partial charge on any atom is -0.380 e.